The van der Waals surface area contributed by atoms with Crippen LogP contribution in [0.3, 0.4) is 0 Å². The van der Waals surface area contributed by atoms with E-state index in [1.807, 2.05) is 0 Å². The van der Waals surface area contributed by atoms with E-state index in [2.05, 4.69) is 52.0 Å². The summed E-state index contributed by atoms with van der Waals surface area (Å²) in [5.41, 5.74) is 1.02. The normalized spacial score (nSPS) is 44.3. The summed E-state index contributed by atoms with van der Waals surface area (Å²) in [6.07, 6.45) is 7.18. The lowest BCUT2D eigenvalue weighted by Crippen LogP contribution is -2.68. The Hall–Kier alpha value is -1.66. The van der Waals surface area contributed by atoms with Gasteiger partial charge >= 0.3 is 6.03 Å². The molecule has 0 spiro atoms. The van der Waals surface area contributed by atoms with Crippen LogP contribution in [0.2, 0.25) is 0 Å². The third kappa shape index (κ3) is 2.60. The Morgan fingerprint density at radius 2 is 1.61 bits per heavy atom. The SMILES string of the molecule is CC12CC3(C)CC(C)(C1)CC(NC(=O)NCc1nn[nH]n1)(C2)C3. The van der Waals surface area contributed by atoms with Gasteiger partial charge in [0.25, 0.3) is 0 Å². The molecule has 0 atom stereocenters. The molecule has 0 aromatic carbocycles. The molecule has 5 rings (SSSR count). The van der Waals surface area contributed by atoms with E-state index in [0.29, 0.717) is 28.6 Å². The van der Waals surface area contributed by atoms with Gasteiger partial charge in [-0.2, -0.15) is 5.21 Å². The molecule has 1 aromatic heterocycles. The van der Waals surface area contributed by atoms with Gasteiger partial charge in [0.15, 0.2) is 5.82 Å². The summed E-state index contributed by atoms with van der Waals surface area (Å²) in [5, 5.41) is 19.8. The fraction of sp³-hybridized carbons (Fsp3) is 0.875. The van der Waals surface area contributed by atoms with E-state index in [1.165, 1.54) is 19.3 Å². The van der Waals surface area contributed by atoms with Gasteiger partial charge in [0.2, 0.25) is 0 Å². The van der Waals surface area contributed by atoms with Crippen LogP contribution in [0.25, 0.3) is 0 Å². The van der Waals surface area contributed by atoms with E-state index in [1.54, 1.807) is 0 Å². The Morgan fingerprint density at radius 1 is 1.04 bits per heavy atom. The number of hydrogen-bond donors (Lipinski definition) is 3. The van der Waals surface area contributed by atoms with Crippen molar-refractivity contribution in [2.45, 2.75) is 71.4 Å². The quantitative estimate of drug-likeness (QED) is 0.795. The maximum atomic E-state index is 12.4. The van der Waals surface area contributed by atoms with Crippen molar-refractivity contribution in [1.29, 1.82) is 0 Å². The van der Waals surface area contributed by atoms with Crippen LogP contribution >= 0.6 is 0 Å². The van der Waals surface area contributed by atoms with Gasteiger partial charge in [-0.25, -0.2) is 4.79 Å². The second-order valence-electron chi connectivity index (χ2n) is 9.41. The Bertz CT molecular complexity index is 573. The molecule has 7 heteroatoms. The van der Waals surface area contributed by atoms with Gasteiger partial charge in [0.1, 0.15) is 0 Å². The molecule has 4 saturated carbocycles. The first-order chi connectivity index (χ1) is 10.7. The predicted octanol–water partition coefficient (Wildman–Crippen LogP) is 2.14. The molecule has 126 valence electrons. The fourth-order valence-corrected chi connectivity index (χ4v) is 7.13. The first kappa shape index (κ1) is 14.9. The van der Waals surface area contributed by atoms with Crippen molar-refractivity contribution in [3.05, 3.63) is 5.82 Å². The number of H-pyrrole nitrogens is 1. The van der Waals surface area contributed by atoms with Crippen molar-refractivity contribution in [3.8, 4) is 0 Å². The van der Waals surface area contributed by atoms with Gasteiger partial charge in [0, 0.05) is 5.54 Å². The summed E-state index contributed by atoms with van der Waals surface area (Å²) >= 11 is 0. The molecule has 1 heterocycles. The topological polar surface area (TPSA) is 95.6 Å². The van der Waals surface area contributed by atoms with Gasteiger partial charge in [-0.15, -0.1) is 10.2 Å². The predicted molar refractivity (Wildman–Crippen MR) is 84.3 cm³/mol. The van der Waals surface area contributed by atoms with E-state index in [9.17, 15) is 4.79 Å². The molecule has 0 radical (unpaired) electrons. The highest BCUT2D eigenvalue weighted by Gasteiger charge is 2.64. The van der Waals surface area contributed by atoms with E-state index >= 15 is 0 Å². The van der Waals surface area contributed by atoms with Gasteiger partial charge in [-0.05, 0) is 54.8 Å². The number of rotatable bonds is 3. The minimum Gasteiger partial charge on any atom is -0.333 e. The number of carbonyl (C=O) groups is 1. The second-order valence-corrected chi connectivity index (χ2v) is 9.41. The zero-order valence-corrected chi connectivity index (χ0v) is 14.2. The van der Waals surface area contributed by atoms with E-state index < -0.39 is 0 Å². The Balaban J connectivity index is 1.48. The molecule has 0 saturated heterocycles. The van der Waals surface area contributed by atoms with Crippen molar-refractivity contribution < 1.29 is 4.79 Å². The standard InChI is InChI=1S/C16H26N6O/c1-13-5-14(2)7-15(3,6-13)10-16(8-13,9-14)18-12(23)17-4-11-19-21-22-20-11/h4-10H2,1-3H3,(H2,17,18,23)(H,19,20,21,22). The molecular formula is C16H26N6O. The fourth-order valence-electron chi connectivity index (χ4n) is 7.13. The Morgan fingerprint density at radius 3 is 2.09 bits per heavy atom. The monoisotopic (exact) mass is 318 g/mol. The van der Waals surface area contributed by atoms with E-state index in [0.717, 1.165) is 19.3 Å². The van der Waals surface area contributed by atoms with Crippen molar-refractivity contribution in [2.24, 2.45) is 16.2 Å². The second kappa shape index (κ2) is 4.45. The number of hydrogen-bond acceptors (Lipinski definition) is 4. The number of nitrogens with zero attached hydrogens (tertiary/aromatic N) is 3. The number of aromatic nitrogens is 4. The zero-order valence-electron chi connectivity index (χ0n) is 14.2. The van der Waals surface area contributed by atoms with Gasteiger partial charge < -0.3 is 10.6 Å². The zero-order chi connectivity index (χ0) is 16.3. The number of amides is 2. The van der Waals surface area contributed by atoms with Gasteiger partial charge in [-0.3, -0.25) is 0 Å². The summed E-state index contributed by atoms with van der Waals surface area (Å²) < 4.78 is 0. The van der Waals surface area contributed by atoms with Crippen molar-refractivity contribution >= 4 is 6.03 Å². The van der Waals surface area contributed by atoms with E-state index in [-0.39, 0.29) is 11.6 Å². The van der Waals surface area contributed by atoms with Crippen LogP contribution in [-0.4, -0.2) is 32.2 Å². The molecule has 0 aliphatic heterocycles. The molecule has 3 N–H and O–H groups in total. The van der Waals surface area contributed by atoms with Crippen LogP contribution in [0.4, 0.5) is 4.79 Å². The average molecular weight is 318 g/mol. The van der Waals surface area contributed by atoms with Crippen LogP contribution < -0.4 is 10.6 Å². The summed E-state index contributed by atoms with van der Waals surface area (Å²) in [6.45, 7) is 7.53. The summed E-state index contributed by atoms with van der Waals surface area (Å²) in [7, 11) is 0. The van der Waals surface area contributed by atoms with Gasteiger partial charge in [-0.1, -0.05) is 26.0 Å². The lowest BCUT2D eigenvalue weighted by atomic mass is 9.38. The minimum absolute atomic E-state index is 0.0612. The Labute approximate surface area is 136 Å². The summed E-state index contributed by atoms with van der Waals surface area (Å²) in [5.74, 6) is 0.497. The number of tetrazole rings is 1. The third-order valence-electron chi connectivity index (χ3n) is 6.03. The van der Waals surface area contributed by atoms with Crippen molar-refractivity contribution in [1.82, 2.24) is 31.3 Å². The number of nitrogens with one attached hydrogen (secondary N) is 3. The largest absolute Gasteiger partial charge is 0.333 e. The first-order valence-corrected chi connectivity index (χ1v) is 8.50. The summed E-state index contributed by atoms with van der Waals surface area (Å²) in [6, 6.07) is -0.118. The van der Waals surface area contributed by atoms with Crippen LogP contribution in [0.15, 0.2) is 0 Å². The van der Waals surface area contributed by atoms with Gasteiger partial charge in [0.05, 0.1) is 6.54 Å². The number of aromatic amines is 1. The van der Waals surface area contributed by atoms with Crippen LogP contribution in [0.5, 0.6) is 0 Å². The highest BCUT2D eigenvalue weighted by molar-refractivity contribution is 5.74. The average Bonchev–Trinajstić information content (AvgIpc) is 2.82. The van der Waals surface area contributed by atoms with E-state index in [4.69, 9.17) is 0 Å². The molecule has 4 fully saturated rings. The molecule has 7 nitrogen and oxygen atoms in total. The number of carbonyl (C=O) groups excluding carboxylic acids is 1. The van der Waals surface area contributed by atoms with Crippen LogP contribution in [-0.2, 0) is 6.54 Å². The minimum atomic E-state index is -0.118. The molecule has 2 amide bonds. The Kier molecular flexibility index (Phi) is 2.88. The third-order valence-corrected chi connectivity index (χ3v) is 6.03. The van der Waals surface area contributed by atoms with Crippen LogP contribution in [0.1, 0.15) is 65.1 Å². The summed E-state index contributed by atoms with van der Waals surface area (Å²) in [4.78, 5) is 12.4. The van der Waals surface area contributed by atoms with Crippen molar-refractivity contribution in [3.63, 3.8) is 0 Å². The van der Waals surface area contributed by atoms with Crippen LogP contribution in [0, 0.1) is 16.2 Å². The molecule has 4 bridgehead atoms. The smallest absolute Gasteiger partial charge is 0.315 e. The lowest BCUT2D eigenvalue weighted by molar-refractivity contribution is -0.154. The molecule has 0 unspecified atom stereocenters. The molecular weight excluding hydrogens is 292 g/mol. The maximum Gasteiger partial charge on any atom is 0.315 e. The molecule has 4 aliphatic carbocycles. The molecule has 1 aromatic rings. The highest BCUT2D eigenvalue weighted by Crippen LogP contribution is 2.70. The lowest BCUT2D eigenvalue weighted by Gasteiger charge is -2.69. The molecule has 23 heavy (non-hydrogen) atoms. The highest BCUT2D eigenvalue weighted by atomic mass is 16.2. The first-order valence-electron chi connectivity index (χ1n) is 8.50. The number of urea groups is 1. The molecule has 4 aliphatic rings. The van der Waals surface area contributed by atoms with Crippen molar-refractivity contribution in [2.75, 3.05) is 0 Å². The maximum absolute atomic E-state index is 12.4.